The van der Waals surface area contributed by atoms with Crippen molar-refractivity contribution in [2.75, 3.05) is 26.4 Å². The lowest BCUT2D eigenvalue weighted by Crippen LogP contribution is -2.19. The highest BCUT2D eigenvalue weighted by atomic mass is 79.9. The van der Waals surface area contributed by atoms with Crippen LogP contribution in [0.3, 0.4) is 0 Å². The molecule has 1 heterocycles. The molecule has 0 N–H and O–H groups in total. The summed E-state index contributed by atoms with van der Waals surface area (Å²) in [6, 6.07) is 14.0. The fourth-order valence-electron chi connectivity index (χ4n) is 2.29. The van der Waals surface area contributed by atoms with E-state index in [-0.39, 0.29) is 6.10 Å². The molecule has 0 aliphatic rings. The molecule has 2 rings (SSSR count). The summed E-state index contributed by atoms with van der Waals surface area (Å²) in [7, 11) is 0. The highest BCUT2D eigenvalue weighted by Crippen LogP contribution is 2.13. The molecule has 0 spiro atoms. The highest BCUT2D eigenvalue weighted by Gasteiger charge is 2.04. The van der Waals surface area contributed by atoms with Gasteiger partial charge in [0, 0.05) is 17.2 Å². The van der Waals surface area contributed by atoms with E-state index in [0.29, 0.717) is 45.3 Å². The van der Waals surface area contributed by atoms with E-state index in [9.17, 15) is 0 Å². The number of benzene rings is 1. The van der Waals surface area contributed by atoms with Gasteiger partial charge in [-0.15, -0.1) is 0 Å². The monoisotopic (exact) mass is 406 g/mol. The minimum Gasteiger partial charge on any atom is -0.377 e. The molecule has 0 amide bonds. The molecule has 1 aromatic carbocycles. The van der Waals surface area contributed by atoms with Crippen LogP contribution in [0.15, 0.2) is 47.1 Å². The second-order valence-electron chi connectivity index (χ2n) is 5.64. The first-order chi connectivity index (χ1) is 12.2. The van der Waals surface area contributed by atoms with Crippen molar-refractivity contribution in [3.8, 4) is 6.07 Å². The van der Waals surface area contributed by atoms with Crippen LogP contribution in [-0.2, 0) is 27.4 Å². The molecule has 134 valence electrons. The maximum Gasteiger partial charge on any atom is 0.121 e. The fourth-order valence-corrected chi connectivity index (χ4v) is 2.75. The Morgan fingerprint density at radius 1 is 1.16 bits per heavy atom. The summed E-state index contributed by atoms with van der Waals surface area (Å²) in [5.41, 5.74) is 1.78. The zero-order valence-corrected chi connectivity index (χ0v) is 15.9. The van der Waals surface area contributed by atoms with Gasteiger partial charge < -0.3 is 18.8 Å². The van der Waals surface area contributed by atoms with Crippen LogP contribution in [-0.4, -0.2) is 37.1 Å². The molecular formula is C19H23BrN2O3. The molecule has 0 radical (unpaired) electrons. The van der Waals surface area contributed by atoms with Crippen LogP contribution < -0.4 is 0 Å². The first-order valence-electron chi connectivity index (χ1n) is 8.26. The van der Waals surface area contributed by atoms with Gasteiger partial charge in [-0.05, 0) is 34.5 Å². The number of aromatic nitrogens is 1. The van der Waals surface area contributed by atoms with Crippen molar-refractivity contribution < 1.29 is 14.2 Å². The van der Waals surface area contributed by atoms with Gasteiger partial charge in [0.15, 0.2) is 0 Å². The Morgan fingerprint density at radius 3 is 2.72 bits per heavy atom. The third-order valence-electron chi connectivity index (χ3n) is 3.55. The van der Waals surface area contributed by atoms with Crippen LogP contribution in [0, 0.1) is 11.3 Å². The van der Waals surface area contributed by atoms with Crippen LogP contribution in [0.2, 0.25) is 0 Å². The molecule has 6 heteroatoms. The number of hydrogen-bond acceptors (Lipinski definition) is 4. The van der Waals surface area contributed by atoms with Crippen LogP contribution in [0.5, 0.6) is 0 Å². The lowest BCUT2D eigenvalue weighted by molar-refractivity contribution is -0.0340. The van der Waals surface area contributed by atoms with Gasteiger partial charge in [0.1, 0.15) is 11.8 Å². The molecule has 1 unspecified atom stereocenters. The van der Waals surface area contributed by atoms with Gasteiger partial charge >= 0.3 is 0 Å². The van der Waals surface area contributed by atoms with Crippen LogP contribution >= 0.6 is 15.9 Å². The SMILES string of the molecule is CC(COCc1ccccc1)OCCOCCn1cc(Br)cc1C#N. The van der Waals surface area contributed by atoms with Gasteiger partial charge in [0.05, 0.1) is 39.1 Å². The average molecular weight is 407 g/mol. The van der Waals surface area contributed by atoms with Crippen molar-refractivity contribution in [2.45, 2.75) is 26.2 Å². The largest absolute Gasteiger partial charge is 0.377 e. The molecule has 1 atom stereocenters. The van der Waals surface area contributed by atoms with Crippen LogP contribution in [0.25, 0.3) is 0 Å². The zero-order valence-electron chi connectivity index (χ0n) is 14.4. The molecule has 0 aliphatic carbocycles. The third-order valence-corrected chi connectivity index (χ3v) is 3.98. The fraction of sp³-hybridized carbons (Fsp3) is 0.421. The van der Waals surface area contributed by atoms with Crippen molar-refractivity contribution in [2.24, 2.45) is 0 Å². The standard InChI is InChI=1S/C19H23BrN2O3/c1-16(14-24-15-17-5-3-2-4-6-17)25-10-9-23-8-7-22-13-18(20)11-19(22)12-21/h2-6,11,13,16H,7-10,14-15H2,1H3. The molecule has 0 saturated carbocycles. The smallest absolute Gasteiger partial charge is 0.121 e. The predicted octanol–water partition coefficient (Wildman–Crippen LogP) is 3.76. The Labute approximate surface area is 157 Å². The van der Waals surface area contributed by atoms with E-state index in [4.69, 9.17) is 19.5 Å². The number of rotatable bonds is 11. The number of nitriles is 1. The van der Waals surface area contributed by atoms with Gasteiger partial charge in [-0.3, -0.25) is 0 Å². The second kappa shape index (κ2) is 11.1. The maximum absolute atomic E-state index is 9.01. The first kappa shape index (κ1) is 19.7. The first-order valence-corrected chi connectivity index (χ1v) is 9.05. The summed E-state index contributed by atoms with van der Waals surface area (Å²) in [4.78, 5) is 0. The van der Waals surface area contributed by atoms with Crippen molar-refractivity contribution in [3.63, 3.8) is 0 Å². The number of halogens is 1. The van der Waals surface area contributed by atoms with E-state index in [1.54, 1.807) is 6.07 Å². The molecule has 0 bridgehead atoms. The number of hydrogen-bond donors (Lipinski definition) is 0. The summed E-state index contributed by atoms with van der Waals surface area (Å²) in [6.45, 7) is 5.37. The lowest BCUT2D eigenvalue weighted by atomic mass is 10.2. The van der Waals surface area contributed by atoms with Gasteiger partial charge in [-0.25, -0.2) is 0 Å². The van der Waals surface area contributed by atoms with E-state index in [2.05, 4.69) is 22.0 Å². The van der Waals surface area contributed by atoms with E-state index in [1.165, 1.54) is 0 Å². The van der Waals surface area contributed by atoms with Crippen molar-refractivity contribution in [1.82, 2.24) is 4.57 Å². The van der Waals surface area contributed by atoms with E-state index >= 15 is 0 Å². The van der Waals surface area contributed by atoms with Gasteiger partial charge in [0.25, 0.3) is 0 Å². The topological polar surface area (TPSA) is 56.4 Å². The highest BCUT2D eigenvalue weighted by molar-refractivity contribution is 9.10. The molecule has 0 fully saturated rings. The quantitative estimate of drug-likeness (QED) is 0.533. The molecule has 2 aromatic rings. The minimum absolute atomic E-state index is 0.0258. The molecule has 5 nitrogen and oxygen atoms in total. The van der Waals surface area contributed by atoms with Crippen molar-refractivity contribution >= 4 is 15.9 Å². The Hall–Kier alpha value is -1.65. The normalized spacial score (nSPS) is 12.0. The Kier molecular flexibility index (Phi) is 8.70. The van der Waals surface area contributed by atoms with Crippen LogP contribution in [0.4, 0.5) is 0 Å². The average Bonchev–Trinajstić information content (AvgIpc) is 2.98. The summed E-state index contributed by atoms with van der Waals surface area (Å²) in [5, 5.41) is 9.01. The van der Waals surface area contributed by atoms with Gasteiger partial charge in [0.2, 0.25) is 0 Å². The minimum atomic E-state index is 0.0258. The van der Waals surface area contributed by atoms with E-state index in [1.807, 2.05) is 48.0 Å². The van der Waals surface area contributed by atoms with Gasteiger partial charge in [-0.1, -0.05) is 30.3 Å². The van der Waals surface area contributed by atoms with Crippen LogP contribution in [0.1, 0.15) is 18.2 Å². The predicted molar refractivity (Wildman–Crippen MR) is 99.2 cm³/mol. The summed E-state index contributed by atoms with van der Waals surface area (Å²) in [6.07, 6.45) is 1.91. The molecule has 1 aromatic heterocycles. The lowest BCUT2D eigenvalue weighted by Gasteiger charge is -2.14. The summed E-state index contributed by atoms with van der Waals surface area (Å²) >= 11 is 3.36. The molecule has 0 saturated heterocycles. The maximum atomic E-state index is 9.01. The Balaban J connectivity index is 1.50. The number of ether oxygens (including phenoxy) is 3. The van der Waals surface area contributed by atoms with Crippen molar-refractivity contribution in [3.05, 3.63) is 58.3 Å². The molecule has 25 heavy (non-hydrogen) atoms. The van der Waals surface area contributed by atoms with E-state index < -0.39 is 0 Å². The Morgan fingerprint density at radius 2 is 1.96 bits per heavy atom. The summed E-state index contributed by atoms with van der Waals surface area (Å²) in [5.74, 6) is 0. The van der Waals surface area contributed by atoms with Crippen molar-refractivity contribution in [1.29, 1.82) is 5.26 Å². The Bertz CT molecular complexity index is 667. The van der Waals surface area contributed by atoms with E-state index in [0.717, 1.165) is 10.0 Å². The molecule has 0 aliphatic heterocycles. The third kappa shape index (κ3) is 7.41. The zero-order chi connectivity index (χ0) is 17.9. The second-order valence-corrected chi connectivity index (χ2v) is 6.56. The molecular weight excluding hydrogens is 384 g/mol. The van der Waals surface area contributed by atoms with Gasteiger partial charge in [-0.2, -0.15) is 5.26 Å². The number of nitrogens with zero attached hydrogens (tertiary/aromatic N) is 2. The summed E-state index contributed by atoms with van der Waals surface area (Å²) < 4.78 is 19.6.